The Morgan fingerprint density at radius 2 is 2.04 bits per heavy atom. The number of rotatable bonds is 9. The molecule has 0 heterocycles. The van der Waals surface area contributed by atoms with E-state index in [1.165, 1.54) is 12.1 Å². The summed E-state index contributed by atoms with van der Waals surface area (Å²) < 4.78 is 0. The monoisotopic (exact) mass is 332 g/mol. The maximum atomic E-state index is 11.1. The molecule has 8 nitrogen and oxygen atoms in total. The van der Waals surface area contributed by atoms with Gasteiger partial charge in [-0.05, 0) is 18.9 Å². The van der Waals surface area contributed by atoms with Gasteiger partial charge in [0.1, 0.15) is 11.4 Å². The first-order chi connectivity index (χ1) is 11.4. The van der Waals surface area contributed by atoms with Crippen LogP contribution in [0.3, 0.4) is 0 Å². The third-order valence-electron chi connectivity index (χ3n) is 3.62. The van der Waals surface area contributed by atoms with E-state index in [1.54, 1.807) is 0 Å². The summed E-state index contributed by atoms with van der Waals surface area (Å²) >= 11 is 0. The van der Waals surface area contributed by atoms with Gasteiger partial charge < -0.3 is 0 Å². The number of benzene rings is 1. The summed E-state index contributed by atoms with van der Waals surface area (Å²) in [6.07, 6.45) is 9.25. The van der Waals surface area contributed by atoms with E-state index < -0.39 is 15.5 Å². The number of hydrogen-bond acceptors (Lipinski definition) is 6. The molecule has 0 aliphatic rings. The summed E-state index contributed by atoms with van der Waals surface area (Å²) in [7, 11) is 0. The number of nitro groups is 2. The maximum absolute atomic E-state index is 11.1. The van der Waals surface area contributed by atoms with Gasteiger partial charge >= 0.3 is 5.69 Å². The van der Waals surface area contributed by atoms with Crippen molar-refractivity contribution in [2.75, 3.05) is 5.43 Å². The average molecular weight is 332 g/mol. The zero-order chi connectivity index (χ0) is 18.1. The topological polar surface area (TPSA) is 111 Å². The third kappa shape index (κ3) is 5.05. The Morgan fingerprint density at radius 1 is 1.33 bits per heavy atom. The SMILES string of the molecule is C#C/C(=N\Nc1ccc([N+](=O)[O-])cc1[N+](=O)[O-])C(CC)CCCC. The highest BCUT2D eigenvalue weighted by Crippen LogP contribution is 2.29. The number of unbranched alkanes of at least 4 members (excludes halogenated alkanes) is 1. The predicted molar refractivity (Wildman–Crippen MR) is 92.9 cm³/mol. The molecular weight excluding hydrogens is 312 g/mol. The summed E-state index contributed by atoms with van der Waals surface area (Å²) in [5.41, 5.74) is 2.34. The lowest BCUT2D eigenvalue weighted by Gasteiger charge is -2.13. The van der Waals surface area contributed by atoms with Gasteiger partial charge in [-0.1, -0.05) is 32.6 Å². The molecule has 0 aromatic heterocycles. The smallest absolute Gasteiger partial charge is 0.271 e. The second kappa shape index (κ2) is 9.25. The van der Waals surface area contributed by atoms with Crippen molar-refractivity contribution in [3.05, 3.63) is 38.4 Å². The number of nitrogens with zero attached hydrogens (tertiary/aromatic N) is 3. The largest absolute Gasteiger partial charge is 0.301 e. The summed E-state index contributed by atoms with van der Waals surface area (Å²) in [6.45, 7) is 4.08. The normalized spacial score (nSPS) is 12.3. The lowest BCUT2D eigenvalue weighted by molar-refractivity contribution is -0.393. The minimum Gasteiger partial charge on any atom is -0.271 e. The molecule has 1 rings (SSSR count). The van der Waals surface area contributed by atoms with E-state index in [9.17, 15) is 20.2 Å². The highest BCUT2D eigenvalue weighted by molar-refractivity contribution is 6.02. The van der Waals surface area contributed by atoms with Crippen LogP contribution in [-0.2, 0) is 0 Å². The van der Waals surface area contributed by atoms with Crippen LogP contribution in [0.4, 0.5) is 17.1 Å². The fourth-order valence-electron chi connectivity index (χ4n) is 2.23. The quantitative estimate of drug-likeness (QED) is 0.316. The van der Waals surface area contributed by atoms with Crippen molar-refractivity contribution in [3.63, 3.8) is 0 Å². The number of non-ortho nitro benzene ring substituents is 1. The first-order valence-corrected chi connectivity index (χ1v) is 7.67. The van der Waals surface area contributed by atoms with Crippen LogP contribution in [0.1, 0.15) is 39.5 Å². The number of terminal acetylenes is 1. The molecule has 0 fully saturated rings. The summed E-state index contributed by atoms with van der Waals surface area (Å²) in [6, 6.07) is 3.32. The Bertz CT molecular complexity index is 679. The maximum Gasteiger partial charge on any atom is 0.301 e. The second-order valence-corrected chi connectivity index (χ2v) is 5.22. The minimum atomic E-state index is -0.700. The highest BCUT2D eigenvalue weighted by Gasteiger charge is 2.20. The van der Waals surface area contributed by atoms with Crippen molar-refractivity contribution in [3.8, 4) is 12.3 Å². The standard InChI is InChI=1S/C16H20N4O4/c1-4-7-8-12(5-2)14(6-3)17-18-15-10-9-13(19(21)22)11-16(15)20(23)24/h3,9-12,18H,4-5,7-8H2,1-2H3/b17-14+. The number of hydrogen-bond donors (Lipinski definition) is 1. The van der Waals surface area contributed by atoms with Crippen molar-refractivity contribution < 1.29 is 9.85 Å². The van der Waals surface area contributed by atoms with Crippen molar-refractivity contribution in [2.24, 2.45) is 11.0 Å². The molecule has 0 saturated carbocycles. The van der Waals surface area contributed by atoms with Crippen molar-refractivity contribution in [2.45, 2.75) is 39.5 Å². The Labute approximate surface area is 140 Å². The van der Waals surface area contributed by atoms with Gasteiger partial charge in [-0.3, -0.25) is 25.7 Å². The Hall–Kier alpha value is -2.95. The molecule has 24 heavy (non-hydrogen) atoms. The Balaban J connectivity index is 3.08. The molecule has 1 N–H and O–H groups in total. The Kier molecular flexibility index (Phi) is 7.36. The highest BCUT2D eigenvalue weighted by atomic mass is 16.6. The molecule has 1 aromatic carbocycles. The van der Waals surface area contributed by atoms with Crippen LogP contribution in [0.15, 0.2) is 23.3 Å². The lowest BCUT2D eigenvalue weighted by Crippen LogP contribution is -2.14. The van der Waals surface area contributed by atoms with Gasteiger partial charge in [0, 0.05) is 12.0 Å². The van der Waals surface area contributed by atoms with Crippen LogP contribution in [0.5, 0.6) is 0 Å². The molecule has 0 aliphatic carbocycles. The number of anilines is 1. The van der Waals surface area contributed by atoms with Crippen LogP contribution >= 0.6 is 0 Å². The van der Waals surface area contributed by atoms with Gasteiger partial charge in [0.25, 0.3) is 5.69 Å². The van der Waals surface area contributed by atoms with Gasteiger partial charge in [-0.25, -0.2) is 0 Å². The zero-order valence-electron chi connectivity index (χ0n) is 13.7. The average Bonchev–Trinajstić information content (AvgIpc) is 2.57. The van der Waals surface area contributed by atoms with E-state index >= 15 is 0 Å². The Morgan fingerprint density at radius 3 is 2.54 bits per heavy atom. The van der Waals surface area contributed by atoms with Gasteiger partial charge in [0.15, 0.2) is 0 Å². The molecule has 128 valence electrons. The summed E-state index contributed by atoms with van der Waals surface area (Å²) in [5.74, 6) is 2.62. The van der Waals surface area contributed by atoms with E-state index in [2.05, 4.69) is 23.4 Å². The van der Waals surface area contributed by atoms with Crippen molar-refractivity contribution >= 4 is 22.8 Å². The number of nitro benzene ring substituents is 2. The molecular formula is C16H20N4O4. The predicted octanol–water partition coefficient (Wildman–Crippen LogP) is 4.12. The fraction of sp³-hybridized carbons (Fsp3) is 0.438. The van der Waals surface area contributed by atoms with E-state index in [4.69, 9.17) is 6.42 Å². The summed E-state index contributed by atoms with van der Waals surface area (Å²) in [5, 5.41) is 25.9. The van der Waals surface area contributed by atoms with Gasteiger partial charge in [-0.2, -0.15) is 5.10 Å². The van der Waals surface area contributed by atoms with Crippen molar-refractivity contribution in [1.82, 2.24) is 0 Å². The van der Waals surface area contributed by atoms with Crippen LogP contribution in [0.25, 0.3) is 0 Å². The minimum absolute atomic E-state index is 0.0590. The first-order valence-electron chi connectivity index (χ1n) is 7.67. The fourth-order valence-corrected chi connectivity index (χ4v) is 2.23. The molecule has 0 saturated heterocycles. The van der Waals surface area contributed by atoms with Gasteiger partial charge in [-0.15, -0.1) is 6.42 Å². The summed E-state index contributed by atoms with van der Waals surface area (Å²) in [4.78, 5) is 20.4. The molecule has 1 atom stereocenters. The van der Waals surface area contributed by atoms with E-state index in [-0.39, 0.29) is 17.3 Å². The molecule has 1 unspecified atom stereocenters. The van der Waals surface area contributed by atoms with E-state index in [0.29, 0.717) is 5.71 Å². The number of hydrazone groups is 1. The van der Waals surface area contributed by atoms with Crippen molar-refractivity contribution in [1.29, 1.82) is 0 Å². The molecule has 0 radical (unpaired) electrons. The van der Waals surface area contributed by atoms with Gasteiger partial charge in [0.2, 0.25) is 0 Å². The van der Waals surface area contributed by atoms with Gasteiger partial charge in [0.05, 0.1) is 15.9 Å². The number of nitrogens with one attached hydrogen (secondary N) is 1. The first kappa shape index (κ1) is 19.1. The van der Waals surface area contributed by atoms with Crippen LogP contribution < -0.4 is 5.43 Å². The van der Waals surface area contributed by atoms with Crippen LogP contribution in [0.2, 0.25) is 0 Å². The van der Waals surface area contributed by atoms with E-state index in [1.807, 2.05) is 6.92 Å². The zero-order valence-corrected chi connectivity index (χ0v) is 13.7. The molecule has 8 heteroatoms. The van der Waals surface area contributed by atoms with Crippen LogP contribution in [-0.4, -0.2) is 15.6 Å². The molecule has 0 bridgehead atoms. The third-order valence-corrected chi connectivity index (χ3v) is 3.62. The van der Waals surface area contributed by atoms with E-state index in [0.717, 1.165) is 31.7 Å². The second-order valence-electron chi connectivity index (χ2n) is 5.22. The molecule has 0 spiro atoms. The molecule has 1 aromatic rings. The molecule has 0 amide bonds. The lowest BCUT2D eigenvalue weighted by atomic mass is 9.94. The van der Waals surface area contributed by atoms with Crippen LogP contribution in [0, 0.1) is 38.5 Å². The molecule has 0 aliphatic heterocycles.